The number of nitrogens with zero attached hydrogens (tertiary/aromatic N) is 1. The number of carbonyl (C=O) groups is 2. The highest BCUT2D eigenvalue weighted by Gasteiger charge is 2.34. The van der Waals surface area contributed by atoms with Crippen LogP contribution in [0.25, 0.3) is 0 Å². The minimum absolute atomic E-state index is 0.0846. The molecule has 1 aliphatic heterocycles. The molecule has 33 heavy (non-hydrogen) atoms. The molecule has 0 aliphatic carbocycles. The van der Waals surface area contributed by atoms with Gasteiger partial charge < -0.3 is 24.4 Å². The lowest BCUT2D eigenvalue weighted by molar-refractivity contribution is -0.117. The van der Waals surface area contributed by atoms with Crippen LogP contribution in [0.1, 0.15) is 33.9 Å². The van der Waals surface area contributed by atoms with Gasteiger partial charge in [-0.3, -0.25) is 9.59 Å². The van der Waals surface area contributed by atoms with Crippen molar-refractivity contribution in [1.82, 2.24) is 4.90 Å². The van der Waals surface area contributed by atoms with Crippen LogP contribution in [0.5, 0.6) is 17.2 Å². The molecular formula is C26H26N2O5. The molecule has 0 aromatic heterocycles. The standard InChI is InChI=1S/C26H26N2O5/c1-31-20-11-9-19(10-12-20)27-25(29)15-22(17-8-13-23(32-2)24(14-17)33-3)28-16-18-6-4-5-7-21(18)26(28)30/h4-14,22H,15-16H2,1-3H3,(H,27,29). The zero-order valence-corrected chi connectivity index (χ0v) is 18.8. The summed E-state index contributed by atoms with van der Waals surface area (Å²) >= 11 is 0. The van der Waals surface area contributed by atoms with E-state index in [4.69, 9.17) is 14.2 Å². The Kier molecular flexibility index (Phi) is 6.49. The first kappa shape index (κ1) is 22.2. The maximum Gasteiger partial charge on any atom is 0.255 e. The molecular weight excluding hydrogens is 420 g/mol. The lowest BCUT2D eigenvalue weighted by atomic mass is 10.0. The maximum absolute atomic E-state index is 13.2. The number of nitrogens with one attached hydrogen (secondary N) is 1. The fourth-order valence-electron chi connectivity index (χ4n) is 4.06. The Morgan fingerprint density at radius 2 is 1.67 bits per heavy atom. The minimum Gasteiger partial charge on any atom is -0.497 e. The van der Waals surface area contributed by atoms with Crippen LogP contribution in [0, 0.1) is 0 Å². The number of benzene rings is 3. The van der Waals surface area contributed by atoms with Gasteiger partial charge in [-0.05, 0) is 53.6 Å². The molecule has 1 N–H and O–H groups in total. The van der Waals surface area contributed by atoms with Crippen LogP contribution >= 0.6 is 0 Å². The summed E-state index contributed by atoms with van der Waals surface area (Å²) in [6.07, 6.45) is 0.0846. The van der Waals surface area contributed by atoms with Gasteiger partial charge in [0.2, 0.25) is 5.91 Å². The Labute approximate surface area is 192 Å². The highest BCUT2D eigenvalue weighted by molar-refractivity contribution is 5.99. The van der Waals surface area contributed by atoms with E-state index < -0.39 is 6.04 Å². The highest BCUT2D eigenvalue weighted by Crippen LogP contribution is 2.37. The van der Waals surface area contributed by atoms with Crippen molar-refractivity contribution in [3.05, 3.63) is 83.4 Å². The Hall–Kier alpha value is -4.00. The van der Waals surface area contributed by atoms with Gasteiger partial charge >= 0.3 is 0 Å². The third kappa shape index (κ3) is 4.62. The molecule has 1 unspecified atom stereocenters. The van der Waals surface area contributed by atoms with Gasteiger partial charge in [-0.25, -0.2) is 0 Å². The first-order chi connectivity index (χ1) is 16.0. The Bertz CT molecular complexity index is 1160. The first-order valence-corrected chi connectivity index (χ1v) is 10.6. The molecule has 3 aromatic rings. The third-order valence-corrected chi connectivity index (χ3v) is 5.77. The van der Waals surface area contributed by atoms with Crippen LogP contribution in [0.2, 0.25) is 0 Å². The van der Waals surface area contributed by atoms with Gasteiger partial charge in [0.05, 0.1) is 33.8 Å². The summed E-state index contributed by atoms with van der Waals surface area (Å²) in [6.45, 7) is 0.434. The normalized spacial score (nSPS) is 13.3. The van der Waals surface area contributed by atoms with Crippen molar-refractivity contribution < 1.29 is 23.8 Å². The number of hydrogen-bond donors (Lipinski definition) is 1. The summed E-state index contributed by atoms with van der Waals surface area (Å²) in [7, 11) is 4.72. The molecule has 0 saturated carbocycles. The van der Waals surface area contributed by atoms with Crippen molar-refractivity contribution in [2.75, 3.05) is 26.6 Å². The van der Waals surface area contributed by atoms with Crippen LogP contribution < -0.4 is 19.5 Å². The van der Waals surface area contributed by atoms with Gasteiger partial charge in [-0.1, -0.05) is 24.3 Å². The van der Waals surface area contributed by atoms with Crippen LogP contribution in [0.15, 0.2) is 66.7 Å². The van der Waals surface area contributed by atoms with E-state index in [1.165, 1.54) is 0 Å². The third-order valence-electron chi connectivity index (χ3n) is 5.77. The van der Waals surface area contributed by atoms with Gasteiger partial charge in [-0.15, -0.1) is 0 Å². The molecule has 0 radical (unpaired) electrons. The molecule has 1 heterocycles. The summed E-state index contributed by atoms with van der Waals surface area (Å²) in [5.41, 5.74) is 3.06. The van der Waals surface area contributed by atoms with Crippen LogP contribution in [0.4, 0.5) is 5.69 Å². The Morgan fingerprint density at radius 1 is 0.939 bits per heavy atom. The second-order valence-electron chi connectivity index (χ2n) is 7.70. The van der Waals surface area contributed by atoms with Crippen LogP contribution in [-0.2, 0) is 11.3 Å². The molecule has 1 aliphatic rings. The van der Waals surface area contributed by atoms with E-state index >= 15 is 0 Å². The van der Waals surface area contributed by atoms with E-state index in [2.05, 4.69) is 5.32 Å². The van der Waals surface area contributed by atoms with Gasteiger partial charge in [0, 0.05) is 17.8 Å². The summed E-state index contributed by atoms with van der Waals surface area (Å²) in [4.78, 5) is 28.0. The molecule has 3 aromatic carbocycles. The lowest BCUT2D eigenvalue weighted by Crippen LogP contribution is -2.32. The minimum atomic E-state index is -0.483. The molecule has 1 atom stereocenters. The summed E-state index contributed by atoms with van der Waals surface area (Å²) in [5.74, 6) is 1.53. The Morgan fingerprint density at radius 3 is 2.33 bits per heavy atom. The van der Waals surface area contributed by atoms with Crippen molar-refractivity contribution in [2.24, 2.45) is 0 Å². The summed E-state index contributed by atoms with van der Waals surface area (Å²) < 4.78 is 16.0. The second kappa shape index (κ2) is 9.65. The van der Waals surface area contributed by atoms with E-state index in [9.17, 15) is 9.59 Å². The number of carbonyl (C=O) groups excluding carboxylic acids is 2. The van der Waals surface area contributed by atoms with Gasteiger partial charge in [-0.2, -0.15) is 0 Å². The quantitative estimate of drug-likeness (QED) is 0.554. The van der Waals surface area contributed by atoms with Gasteiger partial charge in [0.25, 0.3) is 5.91 Å². The van der Waals surface area contributed by atoms with Gasteiger partial charge in [0.1, 0.15) is 5.75 Å². The topological polar surface area (TPSA) is 77.1 Å². The predicted octanol–water partition coefficient (Wildman–Crippen LogP) is 4.44. The van der Waals surface area contributed by atoms with E-state index in [0.29, 0.717) is 35.0 Å². The number of fused-ring (bicyclic) bond motifs is 1. The van der Waals surface area contributed by atoms with E-state index in [1.54, 1.807) is 56.6 Å². The number of rotatable bonds is 8. The highest BCUT2D eigenvalue weighted by atomic mass is 16.5. The maximum atomic E-state index is 13.2. The van der Waals surface area contributed by atoms with Crippen molar-refractivity contribution >= 4 is 17.5 Å². The van der Waals surface area contributed by atoms with E-state index in [0.717, 1.165) is 11.1 Å². The van der Waals surface area contributed by atoms with Crippen LogP contribution in [0.3, 0.4) is 0 Å². The van der Waals surface area contributed by atoms with Crippen molar-refractivity contribution in [3.63, 3.8) is 0 Å². The average molecular weight is 447 g/mol. The zero-order valence-electron chi connectivity index (χ0n) is 18.8. The molecule has 0 saturated heterocycles. The average Bonchev–Trinajstić information content (AvgIpc) is 3.18. The number of ether oxygens (including phenoxy) is 3. The number of amides is 2. The molecule has 0 bridgehead atoms. The fourth-order valence-corrected chi connectivity index (χ4v) is 4.06. The summed E-state index contributed by atoms with van der Waals surface area (Å²) in [6, 6.07) is 19.6. The largest absolute Gasteiger partial charge is 0.497 e. The van der Waals surface area contributed by atoms with Crippen molar-refractivity contribution in [3.8, 4) is 17.2 Å². The molecule has 0 fully saturated rings. The molecule has 170 valence electrons. The second-order valence-corrected chi connectivity index (χ2v) is 7.70. The van der Waals surface area contributed by atoms with E-state index in [-0.39, 0.29) is 18.2 Å². The summed E-state index contributed by atoms with van der Waals surface area (Å²) in [5, 5.41) is 2.92. The molecule has 4 rings (SSSR count). The number of methoxy groups -OCH3 is 3. The monoisotopic (exact) mass is 446 g/mol. The van der Waals surface area contributed by atoms with Crippen molar-refractivity contribution in [2.45, 2.75) is 19.0 Å². The Balaban J connectivity index is 1.63. The van der Waals surface area contributed by atoms with Gasteiger partial charge in [0.15, 0.2) is 11.5 Å². The lowest BCUT2D eigenvalue weighted by Gasteiger charge is -2.28. The van der Waals surface area contributed by atoms with Crippen molar-refractivity contribution in [1.29, 1.82) is 0 Å². The first-order valence-electron chi connectivity index (χ1n) is 10.6. The zero-order chi connectivity index (χ0) is 23.4. The van der Waals surface area contributed by atoms with E-state index in [1.807, 2.05) is 36.4 Å². The smallest absolute Gasteiger partial charge is 0.255 e. The predicted molar refractivity (Wildman–Crippen MR) is 125 cm³/mol. The molecule has 0 spiro atoms. The fraction of sp³-hybridized carbons (Fsp3) is 0.231. The molecule has 2 amide bonds. The number of anilines is 1. The SMILES string of the molecule is COc1ccc(NC(=O)CC(c2ccc(OC)c(OC)c2)N2Cc3ccccc3C2=O)cc1. The van der Waals surface area contributed by atoms with Crippen LogP contribution in [-0.4, -0.2) is 38.0 Å². The molecule has 7 nitrogen and oxygen atoms in total. The molecule has 7 heteroatoms. The number of hydrogen-bond acceptors (Lipinski definition) is 5.